The van der Waals surface area contributed by atoms with Gasteiger partial charge in [0.15, 0.2) is 0 Å². The van der Waals surface area contributed by atoms with E-state index < -0.39 is 6.03 Å². The maximum Gasteiger partial charge on any atom is 1.00 e. The quantitative estimate of drug-likeness (QED) is 0.139. The van der Waals surface area contributed by atoms with E-state index in [9.17, 15) is 0 Å². The van der Waals surface area contributed by atoms with Gasteiger partial charge in [0.05, 0.1) is 0 Å². The van der Waals surface area contributed by atoms with Gasteiger partial charge in [-0.2, -0.15) is 9.78 Å². The van der Waals surface area contributed by atoms with Crippen LogP contribution in [0.3, 0.4) is 0 Å². The molecule has 0 radical (unpaired) electrons. The first-order valence-corrected chi connectivity index (χ1v) is 1.15. The molecule has 1 rings (SSSR count). The molecule has 6 heavy (non-hydrogen) atoms. The summed E-state index contributed by atoms with van der Waals surface area (Å²) in [6.07, 6.45) is 0. The van der Waals surface area contributed by atoms with Crippen molar-refractivity contribution >= 4 is 0 Å². The molecule has 0 unspecified atom stereocenters. The minimum absolute atomic E-state index is 0. The van der Waals surface area contributed by atoms with Gasteiger partial charge in [-0.15, -0.1) is 0 Å². The van der Waals surface area contributed by atoms with Gasteiger partial charge in [-0.1, -0.05) is 0 Å². The Balaban J connectivity index is 0. The van der Waals surface area contributed by atoms with Gasteiger partial charge in [-0.05, 0) is 0 Å². The third kappa shape index (κ3) is 2.09. The zero-order valence-electron chi connectivity index (χ0n) is 4.47. The normalized spacial score (nSPS) is 25.0. The van der Waals surface area contributed by atoms with Crippen LogP contribution in [0.1, 0.15) is 1.43 Å². The van der Waals surface area contributed by atoms with Crippen molar-refractivity contribution in [2.24, 2.45) is 11.5 Å². The molecule has 4 nitrogen and oxygen atoms in total. The van der Waals surface area contributed by atoms with E-state index in [4.69, 9.17) is 11.5 Å². The molecule has 5 heteroatoms. The zero-order chi connectivity index (χ0) is 3.91. The summed E-state index contributed by atoms with van der Waals surface area (Å²) in [5.41, 5.74) is 9.60. The van der Waals surface area contributed by atoms with E-state index in [-0.39, 0.29) is 31.0 Å². The van der Waals surface area contributed by atoms with E-state index in [0.717, 1.165) is 0 Å². The standard InChI is InChI=1S/CH4N2O2.Na.H/c2-1(3)4-5-1;;/h2-3H2;;/q;+1;-1. The number of nitrogens with two attached hydrogens (primary N) is 2. The summed E-state index contributed by atoms with van der Waals surface area (Å²) in [5, 5.41) is 0. The molecule has 0 amide bonds. The van der Waals surface area contributed by atoms with Crippen LogP contribution in [0, 0.1) is 0 Å². The average molecular weight is 100 g/mol. The Labute approximate surface area is 58.5 Å². The monoisotopic (exact) mass is 100 g/mol. The summed E-state index contributed by atoms with van der Waals surface area (Å²) in [6.45, 7) is 0. The SMILES string of the molecule is NC1(N)OO1.[H-].[Na+]. The molecule has 0 aromatic heterocycles. The fraction of sp³-hybridized carbons (Fsp3) is 1.00. The summed E-state index contributed by atoms with van der Waals surface area (Å²) < 4.78 is 0. The predicted octanol–water partition coefficient (Wildman–Crippen LogP) is -4.41. The molecule has 1 heterocycles. The van der Waals surface area contributed by atoms with Crippen molar-refractivity contribution in [1.29, 1.82) is 0 Å². The maximum absolute atomic E-state index is 4.80. The van der Waals surface area contributed by atoms with Gasteiger partial charge >= 0.3 is 35.6 Å². The summed E-state index contributed by atoms with van der Waals surface area (Å²) >= 11 is 0. The number of rotatable bonds is 0. The molecule has 32 valence electrons. The molecule has 0 aromatic rings. The van der Waals surface area contributed by atoms with E-state index in [2.05, 4.69) is 9.78 Å². The van der Waals surface area contributed by atoms with Gasteiger partial charge in [0.25, 0.3) is 0 Å². The first-order valence-electron chi connectivity index (χ1n) is 1.15. The Morgan fingerprint density at radius 3 is 1.50 bits per heavy atom. The van der Waals surface area contributed by atoms with Gasteiger partial charge in [-0.3, -0.25) is 11.5 Å². The molecule has 4 N–H and O–H groups in total. The van der Waals surface area contributed by atoms with Crippen molar-refractivity contribution in [3.63, 3.8) is 0 Å². The molecule has 0 atom stereocenters. The van der Waals surface area contributed by atoms with Gasteiger partial charge in [-0.25, -0.2) is 0 Å². The van der Waals surface area contributed by atoms with Crippen molar-refractivity contribution < 1.29 is 40.8 Å². The minimum Gasteiger partial charge on any atom is -1.00 e. The zero-order valence-corrected chi connectivity index (χ0v) is 5.47. The van der Waals surface area contributed by atoms with Crippen LogP contribution >= 0.6 is 0 Å². The predicted molar refractivity (Wildman–Crippen MR) is 14.4 cm³/mol. The summed E-state index contributed by atoms with van der Waals surface area (Å²) in [4.78, 5) is 7.90. The van der Waals surface area contributed by atoms with Crippen LogP contribution in [0.5, 0.6) is 0 Å². The second-order valence-corrected chi connectivity index (χ2v) is 0.888. The van der Waals surface area contributed by atoms with E-state index in [1.54, 1.807) is 0 Å². The molecule has 1 aliphatic rings. The Kier molecular flexibility index (Phi) is 2.00. The molecule has 0 spiro atoms. The van der Waals surface area contributed by atoms with Crippen LogP contribution in [-0.2, 0) is 9.78 Å². The molecule has 1 fully saturated rings. The van der Waals surface area contributed by atoms with Crippen molar-refractivity contribution in [2.75, 3.05) is 0 Å². The molecular weight excluding hydrogens is 95.0 g/mol. The Hall–Kier alpha value is 0.840. The Morgan fingerprint density at radius 2 is 1.50 bits per heavy atom. The molecule has 0 saturated carbocycles. The van der Waals surface area contributed by atoms with Gasteiger partial charge in [0.1, 0.15) is 0 Å². The Bertz CT molecular complexity index is 53.7. The van der Waals surface area contributed by atoms with Crippen molar-refractivity contribution in [1.82, 2.24) is 0 Å². The third-order valence-corrected chi connectivity index (χ3v) is 0.276. The van der Waals surface area contributed by atoms with Crippen molar-refractivity contribution in [3.05, 3.63) is 0 Å². The number of hydrogen-bond donors (Lipinski definition) is 2. The van der Waals surface area contributed by atoms with Gasteiger partial charge in [0, 0.05) is 0 Å². The number of hydrogen-bond acceptors (Lipinski definition) is 4. The molecule has 0 bridgehead atoms. The van der Waals surface area contributed by atoms with Crippen LogP contribution in [0.4, 0.5) is 0 Å². The largest absolute Gasteiger partial charge is 1.00 e. The van der Waals surface area contributed by atoms with Gasteiger partial charge < -0.3 is 1.43 Å². The van der Waals surface area contributed by atoms with Crippen LogP contribution < -0.4 is 41.0 Å². The molecular formula is CH5N2NaO2. The van der Waals surface area contributed by atoms with Crippen LogP contribution in [-0.4, -0.2) is 6.03 Å². The van der Waals surface area contributed by atoms with Crippen molar-refractivity contribution in [3.8, 4) is 0 Å². The first kappa shape index (κ1) is 6.84. The summed E-state index contributed by atoms with van der Waals surface area (Å²) in [7, 11) is 0. The minimum atomic E-state index is -1.25. The molecule has 1 saturated heterocycles. The second kappa shape index (κ2) is 1.75. The van der Waals surface area contributed by atoms with Crippen LogP contribution in [0.15, 0.2) is 0 Å². The first-order chi connectivity index (χ1) is 2.21. The van der Waals surface area contributed by atoms with E-state index in [0.29, 0.717) is 0 Å². The average Bonchev–Trinajstić information content (AvgIpc) is 1.76. The molecule has 1 aliphatic heterocycles. The van der Waals surface area contributed by atoms with Crippen LogP contribution in [0.2, 0.25) is 0 Å². The van der Waals surface area contributed by atoms with Crippen LogP contribution in [0.25, 0.3) is 0 Å². The van der Waals surface area contributed by atoms with E-state index >= 15 is 0 Å². The molecule has 0 aliphatic carbocycles. The fourth-order valence-corrected chi connectivity index (χ4v) is 0.0481. The topological polar surface area (TPSA) is 77.1 Å². The van der Waals surface area contributed by atoms with E-state index in [1.165, 1.54) is 0 Å². The maximum atomic E-state index is 4.80. The van der Waals surface area contributed by atoms with Gasteiger partial charge in [0.2, 0.25) is 0 Å². The fourth-order valence-electron chi connectivity index (χ4n) is 0.0481. The van der Waals surface area contributed by atoms with Crippen molar-refractivity contribution in [2.45, 2.75) is 6.03 Å². The third-order valence-electron chi connectivity index (χ3n) is 0.276. The Morgan fingerprint density at radius 1 is 1.33 bits per heavy atom. The second-order valence-electron chi connectivity index (χ2n) is 0.888. The summed E-state index contributed by atoms with van der Waals surface area (Å²) in [5.74, 6) is 0. The molecule has 0 aromatic carbocycles. The smallest absolute Gasteiger partial charge is 1.00 e. The van der Waals surface area contributed by atoms with E-state index in [1.807, 2.05) is 0 Å². The summed E-state index contributed by atoms with van der Waals surface area (Å²) in [6, 6.07) is -1.25.